The van der Waals surface area contributed by atoms with E-state index in [4.69, 9.17) is 5.73 Å². The van der Waals surface area contributed by atoms with Crippen LogP contribution in [0.15, 0.2) is 22.7 Å². The van der Waals surface area contributed by atoms with Crippen molar-refractivity contribution in [3.05, 3.63) is 34.1 Å². The summed E-state index contributed by atoms with van der Waals surface area (Å²) in [5, 5.41) is 5.54. The Balaban J connectivity index is 2.52. The molecule has 1 aromatic carbocycles. The Morgan fingerprint density at radius 1 is 1.30 bits per heavy atom. The maximum absolute atomic E-state index is 13.2. The van der Waals surface area contributed by atoms with E-state index in [9.17, 15) is 14.0 Å². The zero-order valence-electron chi connectivity index (χ0n) is 13.4. The van der Waals surface area contributed by atoms with Gasteiger partial charge in [0.15, 0.2) is 0 Å². The van der Waals surface area contributed by atoms with Crippen molar-refractivity contribution in [2.75, 3.05) is 13.1 Å². The highest BCUT2D eigenvalue weighted by atomic mass is 79.9. The van der Waals surface area contributed by atoms with Crippen LogP contribution in [0.25, 0.3) is 0 Å². The maximum atomic E-state index is 13.2. The molecule has 0 bridgehead atoms. The molecule has 0 unspecified atom stereocenters. The predicted octanol–water partition coefficient (Wildman–Crippen LogP) is 2.34. The van der Waals surface area contributed by atoms with E-state index in [-0.39, 0.29) is 24.4 Å². The van der Waals surface area contributed by atoms with Crippen LogP contribution in [0.1, 0.15) is 43.5 Å². The number of benzene rings is 1. The normalized spacial score (nSPS) is 11.2. The fourth-order valence-corrected chi connectivity index (χ4v) is 2.61. The molecule has 0 saturated heterocycles. The van der Waals surface area contributed by atoms with E-state index < -0.39 is 17.3 Å². The highest BCUT2D eigenvalue weighted by Gasteiger charge is 2.26. The van der Waals surface area contributed by atoms with Gasteiger partial charge in [0.1, 0.15) is 5.82 Å². The van der Waals surface area contributed by atoms with E-state index in [2.05, 4.69) is 26.6 Å². The van der Waals surface area contributed by atoms with Gasteiger partial charge in [-0.3, -0.25) is 9.59 Å². The highest BCUT2D eigenvalue weighted by Crippen LogP contribution is 2.17. The van der Waals surface area contributed by atoms with Crippen LogP contribution in [0.5, 0.6) is 0 Å². The van der Waals surface area contributed by atoms with Crippen LogP contribution in [-0.4, -0.2) is 30.4 Å². The zero-order chi connectivity index (χ0) is 17.5. The lowest BCUT2D eigenvalue weighted by Crippen LogP contribution is -2.53. The molecule has 2 amide bonds. The highest BCUT2D eigenvalue weighted by molar-refractivity contribution is 9.10. The number of carbonyl (C=O) groups excluding carboxylic acids is 2. The molecule has 0 heterocycles. The summed E-state index contributed by atoms with van der Waals surface area (Å²) in [4.78, 5) is 24.0. The monoisotopic (exact) mass is 387 g/mol. The van der Waals surface area contributed by atoms with Crippen LogP contribution in [-0.2, 0) is 4.79 Å². The minimum Gasteiger partial charge on any atom is -0.351 e. The molecule has 0 aromatic heterocycles. The fourth-order valence-electron chi connectivity index (χ4n) is 2.18. The average molecular weight is 388 g/mol. The molecule has 0 radical (unpaired) electrons. The third-order valence-electron chi connectivity index (χ3n) is 3.96. The van der Waals surface area contributed by atoms with Crippen molar-refractivity contribution in [2.45, 2.75) is 38.6 Å². The summed E-state index contributed by atoms with van der Waals surface area (Å²) in [6.07, 6.45) is 1.63. The maximum Gasteiger partial charge on any atom is 0.252 e. The molecule has 1 rings (SSSR count). The van der Waals surface area contributed by atoms with E-state index >= 15 is 0 Å². The van der Waals surface area contributed by atoms with Crippen LogP contribution < -0.4 is 16.4 Å². The Morgan fingerprint density at radius 3 is 2.52 bits per heavy atom. The largest absolute Gasteiger partial charge is 0.351 e. The quantitative estimate of drug-likeness (QED) is 0.639. The fraction of sp³-hybridized carbons (Fsp3) is 0.500. The number of rotatable bonds is 8. The van der Waals surface area contributed by atoms with Gasteiger partial charge in [0, 0.05) is 24.0 Å². The summed E-state index contributed by atoms with van der Waals surface area (Å²) in [5.74, 6) is -1.09. The molecule has 23 heavy (non-hydrogen) atoms. The van der Waals surface area contributed by atoms with Gasteiger partial charge in [0.05, 0.1) is 11.1 Å². The molecule has 0 fully saturated rings. The van der Waals surface area contributed by atoms with Crippen molar-refractivity contribution in [1.29, 1.82) is 0 Å². The molecule has 0 aliphatic carbocycles. The van der Waals surface area contributed by atoms with Gasteiger partial charge >= 0.3 is 0 Å². The number of carbonyl (C=O) groups is 2. The molecular formula is C16H23BrFN3O2. The standard InChI is InChI=1S/C16H23BrFN3O2/c1-3-16(4-2,10-19)21-14(22)7-8-20-15(23)12-9-11(18)5-6-13(12)17/h5-6,9H,3-4,7-8,10,19H2,1-2H3,(H,20,23)(H,21,22). The first kappa shape index (κ1) is 19.6. The number of halogens is 2. The van der Waals surface area contributed by atoms with Gasteiger partial charge < -0.3 is 16.4 Å². The first-order valence-corrected chi connectivity index (χ1v) is 8.41. The number of hydrogen-bond donors (Lipinski definition) is 3. The Labute approximate surface area is 144 Å². The molecule has 0 aliphatic rings. The topological polar surface area (TPSA) is 84.2 Å². The number of nitrogens with two attached hydrogens (primary N) is 1. The molecular weight excluding hydrogens is 365 g/mol. The predicted molar refractivity (Wildman–Crippen MR) is 91.6 cm³/mol. The van der Waals surface area contributed by atoms with Gasteiger partial charge in [-0.25, -0.2) is 4.39 Å². The lowest BCUT2D eigenvalue weighted by molar-refractivity contribution is -0.122. The summed E-state index contributed by atoms with van der Waals surface area (Å²) in [5.41, 5.74) is 5.54. The second-order valence-corrected chi connectivity index (χ2v) is 6.22. The second-order valence-electron chi connectivity index (χ2n) is 5.37. The van der Waals surface area contributed by atoms with E-state index in [1.807, 2.05) is 13.8 Å². The van der Waals surface area contributed by atoms with E-state index in [1.54, 1.807) is 0 Å². The molecule has 1 aromatic rings. The van der Waals surface area contributed by atoms with Gasteiger partial charge in [-0.1, -0.05) is 13.8 Å². The molecule has 5 nitrogen and oxygen atoms in total. The molecule has 128 valence electrons. The van der Waals surface area contributed by atoms with E-state index in [0.29, 0.717) is 11.0 Å². The van der Waals surface area contributed by atoms with Gasteiger partial charge in [-0.2, -0.15) is 0 Å². The minimum atomic E-state index is -0.491. The van der Waals surface area contributed by atoms with E-state index in [0.717, 1.165) is 18.9 Å². The van der Waals surface area contributed by atoms with Crippen molar-refractivity contribution in [3.8, 4) is 0 Å². The molecule has 7 heteroatoms. The third kappa shape index (κ3) is 5.58. The SMILES string of the molecule is CCC(CC)(CN)NC(=O)CCNC(=O)c1cc(F)ccc1Br. The summed E-state index contributed by atoms with van der Waals surface area (Å²) in [7, 11) is 0. The second kappa shape index (κ2) is 8.98. The lowest BCUT2D eigenvalue weighted by Gasteiger charge is -2.31. The Morgan fingerprint density at radius 2 is 1.96 bits per heavy atom. The Hall–Kier alpha value is -1.47. The van der Waals surface area contributed by atoms with Gasteiger partial charge in [-0.05, 0) is 47.0 Å². The Bertz CT molecular complexity index is 554. The van der Waals surface area contributed by atoms with Crippen molar-refractivity contribution < 1.29 is 14.0 Å². The Kier molecular flexibility index (Phi) is 7.64. The zero-order valence-corrected chi connectivity index (χ0v) is 15.0. The first-order valence-electron chi connectivity index (χ1n) is 7.61. The van der Waals surface area contributed by atoms with Crippen LogP contribution >= 0.6 is 15.9 Å². The van der Waals surface area contributed by atoms with Crippen LogP contribution in [0.3, 0.4) is 0 Å². The van der Waals surface area contributed by atoms with Gasteiger partial charge in [0.25, 0.3) is 5.91 Å². The average Bonchev–Trinajstić information content (AvgIpc) is 2.55. The lowest BCUT2D eigenvalue weighted by atomic mass is 9.93. The minimum absolute atomic E-state index is 0.139. The molecule has 4 N–H and O–H groups in total. The molecule has 0 spiro atoms. The third-order valence-corrected chi connectivity index (χ3v) is 4.65. The number of hydrogen-bond acceptors (Lipinski definition) is 3. The smallest absolute Gasteiger partial charge is 0.252 e. The summed E-state index contributed by atoms with van der Waals surface area (Å²) in [6.45, 7) is 4.48. The first-order chi connectivity index (χ1) is 10.9. The van der Waals surface area contributed by atoms with Crippen molar-refractivity contribution in [1.82, 2.24) is 10.6 Å². The van der Waals surface area contributed by atoms with E-state index in [1.165, 1.54) is 12.1 Å². The summed E-state index contributed by atoms with van der Waals surface area (Å²) >= 11 is 3.20. The van der Waals surface area contributed by atoms with Crippen LogP contribution in [0.2, 0.25) is 0 Å². The van der Waals surface area contributed by atoms with Crippen molar-refractivity contribution in [2.24, 2.45) is 5.73 Å². The number of nitrogens with one attached hydrogen (secondary N) is 2. The molecule has 0 aliphatic heterocycles. The molecule has 0 saturated carbocycles. The summed E-state index contributed by atoms with van der Waals surface area (Å²) in [6, 6.07) is 3.87. The molecule has 0 atom stereocenters. The van der Waals surface area contributed by atoms with Crippen LogP contribution in [0.4, 0.5) is 4.39 Å². The van der Waals surface area contributed by atoms with Crippen molar-refractivity contribution >= 4 is 27.7 Å². The summed E-state index contributed by atoms with van der Waals surface area (Å²) < 4.78 is 13.7. The number of amides is 2. The van der Waals surface area contributed by atoms with Crippen molar-refractivity contribution in [3.63, 3.8) is 0 Å². The van der Waals surface area contributed by atoms with Crippen LogP contribution in [0, 0.1) is 5.82 Å². The van der Waals surface area contributed by atoms with Gasteiger partial charge in [-0.15, -0.1) is 0 Å². The van der Waals surface area contributed by atoms with Gasteiger partial charge in [0.2, 0.25) is 5.91 Å².